The predicted molar refractivity (Wildman–Crippen MR) is 192 cm³/mol. The average Bonchev–Trinajstić information content (AvgIpc) is 4.00. The largest absolute Gasteiger partial charge is 0.318 e. The minimum Gasteiger partial charge on any atom is -0.318 e. The van der Waals surface area contributed by atoms with E-state index in [1.54, 1.807) is 55.2 Å². The van der Waals surface area contributed by atoms with Crippen molar-refractivity contribution in [3.63, 3.8) is 0 Å². The van der Waals surface area contributed by atoms with Crippen LogP contribution in [-0.2, 0) is 20.6 Å². The molecule has 2 atom stereocenters. The molecule has 0 bridgehead atoms. The lowest BCUT2D eigenvalue weighted by molar-refractivity contribution is 0.146. The number of hydrogen-bond acceptors (Lipinski definition) is 8. The van der Waals surface area contributed by atoms with Gasteiger partial charge >= 0.3 is 0 Å². The van der Waals surface area contributed by atoms with Crippen molar-refractivity contribution in [3.8, 4) is 44.8 Å². The first kappa shape index (κ1) is 32.6. The van der Waals surface area contributed by atoms with Gasteiger partial charge < -0.3 is 9.13 Å². The summed E-state index contributed by atoms with van der Waals surface area (Å²) in [6.45, 7) is 2.88. The first-order valence-corrected chi connectivity index (χ1v) is 17.2. The molecule has 0 amide bonds. The Morgan fingerprint density at radius 2 is 1.57 bits per heavy atom. The van der Waals surface area contributed by atoms with Crippen molar-refractivity contribution in [1.82, 2.24) is 58.6 Å². The van der Waals surface area contributed by atoms with Crippen molar-refractivity contribution in [2.75, 3.05) is 0 Å². The highest BCUT2D eigenvalue weighted by atomic mass is 19.3. The molecule has 8 aromatic rings. The van der Waals surface area contributed by atoms with Crippen molar-refractivity contribution in [2.24, 2.45) is 19.5 Å². The Kier molecular flexibility index (Phi) is 7.67. The summed E-state index contributed by atoms with van der Waals surface area (Å²) in [5.74, 6) is -0.392. The van der Waals surface area contributed by atoms with Crippen LogP contribution in [0.5, 0.6) is 0 Å². The number of alkyl halides is 2. The minimum atomic E-state index is -2.71. The van der Waals surface area contributed by atoms with E-state index in [1.165, 1.54) is 18.3 Å². The molecule has 0 saturated heterocycles. The average molecular weight is 715 g/mol. The Bertz CT molecular complexity index is 2650. The van der Waals surface area contributed by atoms with E-state index in [9.17, 15) is 8.78 Å². The van der Waals surface area contributed by atoms with E-state index in [4.69, 9.17) is 4.98 Å². The van der Waals surface area contributed by atoms with Crippen molar-refractivity contribution >= 4 is 22.3 Å². The van der Waals surface area contributed by atoms with Crippen molar-refractivity contribution in [2.45, 2.75) is 45.2 Å². The molecule has 266 valence electrons. The van der Waals surface area contributed by atoms with Gasteiger partial charge in [-0.25, -0.2) is 38.1 Å². The highest BCUT2D eigenvalue weighted by Gasteiger charge is 2.37. The van der Waals surface area contributed by atoms with Gasteiger partial charge in [0.1, 0.15) is 22.5 Å². The molecule has 53 heavy (non-hydrogen) atoms. The van der Waals surface area contributed by atoms with E-state index in [0.29, 0.717) is 56.8 Å². The maximum Gasteiger partial charge on any atom is 0.280 e. The van der Waals surface area contributed by atoms with E-state index in [2.05, 4.69) is 46.6 Å². The SMILES string of the molecule is Cn1cc(-c2ccc(C(F)F)nc2-c2cnc3c(c2)ncn3C2CCC(C)(Cn3cc(-c4c(F)ccnc4-c4cnc5c(c4)ncn5C)cn3)C2)cn1. The number of aromatic nitrogens is 12. The van der Waals surface area contributed by atoms with E-state index < -0.39 is 12.2 Å². The van der Waals surface area contributed by atoms with Crippen LogP contribution in [0.3, 0.4) is 0 Å². The van der Waals surface area contributed by atoms with E-state index in [1.807, 2.05) is 40.8 Å². The van der Waals surface area contributed by atoms with E-state index >= 15 is 4.39 Å². The molecule has 2 unspecified atom stereocenters. The molecule has 9 rings (SSSR count). The number of nitrogens with zero attached hydrogens (tertiary/aromatic N) is 12. The van der Waals surface area contributed by atoms with Gasteiger partial charge in [-0.1, -0.05) is 13.0 Å². The highest BCUT2D eigenvalue weighted by Crippen LogP contribution is 2.46. The third-order valence-electron chi connectivity index (χ3n) is 10.2. The van der Waals surface area contributed by atoms with Crippen molar-refractivity contribution in [3.05, 3.63) is 97.9 Å². The molecule has 8 heterocycles. The highest BCUT2D eigenvalue weighted by molar-refractivity contribution is 5.86. The normalized spacial score (nSPS) is 17.5. The lowest BCUT2D eigenvalue weighted by atomic mass is 9.88. The molecule has 0 radical (unpaired) electrons. The zero-order valence-corrected chi connectivity index (χ0v) is 29.1. The molecule has 1 aliphatic rings. The minimum absolute atomic E-state index is 0.104. The molecule has 15 heteroatoms. The summed E-state index contributed by atoms with van der Waals surface area (Å²) in [6.07, 6.45) is 15.4. The topological polar surface area (TPSA) is 123 Å². The number of fused-ring (bicyclic) bond motifs is 2. The number of rotatable bonds is 8. The molecule has 0 spiro atoms. The number of imidazole rings is 2. The molecule has 8 aromatic heterocycles. The fourth-order valence-corrected chi connectivity index (χ4v) is 7.64. The summed E-state index contributed by atoms with van der Waals surface area (Å²) in [4.78, 5) is 27.3. The zero-order chi connectivity index (χ0) is 36.4. The predicted octanol–water partition coefficient (Wildman–Crippen LogP) is 7.61. The van der Waals surface area contributed by atoms with Crippen molar-refractivity contribution < 1.29 is 13.2 Å². The maximum atomic E-state index is 15.5. The fourth-order valence-electron chi connectivity index (χ4n) is 7.64. The van der Waals surface area contributed by atoms with Gasteiger partial charge in [0.25, 0.3) is 6.43 Å². The summed E-state index contributed by atoms with van der Waals surface area (Å²) in [6, 6.07) is 8.21. The first-order chi connectivity index (χ1) is 25.6. The van der Waals surface area contributed by atoms with Crippen LogP contribution in [-0.4, -0.2) is 58.6 Å². The van der Waals surface area contributed by atoms with Gasteiger partial charge in [0.2, 0.25) is 0 Å². The van der Waals surface area contributed by atoms with Crippen LogP contribution in [0.15, 0.2) is 86.4 Å². The van der Waals surface area contributed by atoms with Gasteiger partial charge in [-0.3, -0.25) is 14.3 Å². The third kappa shape index (κ3) is 5.81. The molecule has 1 fully saturated rings. The second kappa shape index (κ2) is 12.5. The van der Waals surface area contributed by atoms with Gasteiger partial charge in [-0.05, 0) is 48.9 Å². The van der Waals surface area contributed by atoms with Crippen molar-refractivity contribution in [1.29, 1.82) is 0 Å². The van der Waals surface area contributed by atoms with Crippen LogP contribution < -0.4 is 0 Å². The Morgan fingerprint density at radius 1 is 0.811 bits per heavy atom. The van der Waals surface area contributed by atoms with Crippen LogP contribution in [0, 0.1) is 11.2 Å². The van der Waals surface area contributed by atoms with Crippen LogP contribution in [0.1, 0.15) is 44.3 Å². The lowest BCUT2D eigenvalue weighted by Gasteiger charge is -2.24. The summed E-state index contributed by atoms with van der Waals surface area (Å²) >= 11 is 0. The van der Waals surface area contributed by atoms with Crippen LogP contribution in [0.4, 0.5) is 13.2 Å². The third-order valence-corrected chi connectivity index (χ3v) is 10.2. The smallest absolute Gasteiger partial charge is 0.280 e. The molecular formula is C38H33F3N12. The van der Waals surface area contributed by atoms with Gasteiger partial charge in [-0.2, -0.15) is 10.2 Å². The van der Waals surface area contributed by atoms with Gasteiger partial charge in [0.05, 0.1) is 36.4 Å². The second-order valence-electron chi connectivity index (χ2n) is 14.1. The molecule has 1 aliphatic carbocycles. The Morgan fingerprint density at radius 3 is 2.36 bits per heavy atom. The number of hydrogen-bond donors (Lipinski definition) is 0. The summed E-state index contributed by atoms with van der Waals surface area (Å²) in [7, 11) is 3.67. The molecule has 0 aliphatic heterocycles. The monoisotopic (exact) mass is 714 g/mol. The van der Waals surface area contributed by atoms with Crippen LogP contribution in [0.2, 0.25) is 0 Å². The lowest BCUT2D eigenvalue weighted by Crippen LogP contribution is -2.21. The zero-order valence-electron chi connectivity index (χ0n) is 29.1. The second-order valence-corrected chi connectivity index (χ2v) is 14.1. The Labute approximate surface area is 301 Å². The summed E-state index contributed by atoms with van der Waals surface area (Å²) < 4.78 is 50.4. The molecule has 12 nitrogen and oxygen atoms in total. The molecule has 0 aromatic carbocycles. The Balaban J connectivity index is 0.961. The molecule has 1 saturated carbocycles. The van der Waals surface area contributed by atoms with Crippen LogP contribution in [0.25, 0.3) is 67.1 Å². The fraction of sp³-hybridized carbons (Fsp3) is 0.263. The summed E-state index contributed by atoms with van der Waals surface area (Å²) in [5, 5.41) is 8.90. The quantitative estimate of drug-likeness (QED) is 0.158. The number of halogens is 3. The van der Waals surface area contributed by atoms with Gasteiger partial charge in [-0.15, -0.1) is 0 Å². The van der Waals surface area contributed by atoms with E-state index in [-0.39, 0.29) is 17.2 Å². The number of aryl methyl sites for hydroxylation is 2. The molecule has 0 N–H and O–H groups in total. The summed E-state index contributed by atoms with van der Waals surface area (Å²) in [5.41, 5.74) is 6.98. The standard InChI is InChI=1S/C38H33F3N12/c1-38(19-52-18-25(16-48-52)32-28(39)7-9-42-34(32)23-11-30-36(43-14-23)50(2)20-45-30)8-6-26(12-38)53-21-46-31-10-22(13-44-37(31)53)33-27(24-15-47-51(3)17-24)4-5-29(49-33)35(40)41/h4-5,7,9-11,13-18,20-21,26,35H,6,8,12,19H2,1-3H3. The van der Waals surface area contributed by atoms with E-state index in [0.717, 1.165) is 36.1 Å². The molecular weight excluding hydrogens is 681 g/mol. The first-order valence-electron chi connectivity index (χ1n) is 17.2. The Hall–Kier alpha value is -6.25. The van der Waals surface area contributed by atoms with Gasteiger partial charge in [0, 0.05) is 91.0 Å². The van der Waals surface area contributed by atoms with Gasteiger partial charge in [0.15, 0.2) is 11.3 Å². The number of pyridine rings is 4. The maximum absolute atomic E-state index is 15.5. The van der Waals surface area contributed by atoms with Crippen LogP contribution >= 0.6 is 0 Å².